The maximum Gasteiger partial charge on any atom is 0.123 e. The highest BCUT2D eigenvalue weighted by Crippen LogP contribution is 2.68. The third kappa shape index (κ3) is 2.81. The van der Waals surface area contributed by atoms with E-state index in [1.54, 1.807) is 48.5 Å². The van der Waals surface area contributed by atoms with Crippen molar-refractivity contribution >= 4 is 0 Å². The molecule has 0 heterocycles. The molecule has 4 atom stereocenters. The Morgan fingerprint density at radius 3 is 1.44 bits per heavy atom. The van der Waals surface area contributed by atoms with Gasteiger partial charge >= 0.3 is 0 Å². The van der Waals surface area contributed by atoms with Gasteiger partial charge in [-0.1, -0.05) is 24.3 Å². The first-order valence-corrected chi connectivity index (χ1v) is 11.0. The summed E-state index contributed by atoms with van der Waals surface area (Å²) in [6.07, 6.45) is 0. The Balaban J connectivity index is 1.72. The highest BCUT2D eigenvalue weighted by Gasteiger charge is 2.53. The highest BCUT2D eigenvalue weighted by atomic mass is 16.3. The molecule has 170 valence electrons. The number of aromatic hydroxyl groups is 6. The van der Waals surface area contributed by atoms with Crippen molar-refractivity contribution in [2.45, 2.75) is 23.7 Å². The summed E-state index contributed by atoms with van der Waals surface area (Å²) < 4.78 is 0. The molecule has 2 aliphatic carbocycles. The Hall–Kier alpha value is -4.32. The van der Waals surface area contributed by atoms with Crippen LogP contribution in [0.2, 0.25) is 0 Å². The molecule has 4 aromatic carbocycles. The van der Waals surface area contributed by atoms with Crippen molar-refractivity contribution in [1.29, 1.82) is 0 Å². The third-order valence-electron chi connectivity index (χ3n) is 7.30. The van der Waals surface area contributed by atoms with Crippen LogP contribution in [0.25, 0.3) is 0 Å². The second-order valence-corrected chi connectivity index (χ2v) is 9.13. The lowest BCUT2D eigenvalue weighted by molar-refractivity contribution is 0.406. The van der Waals surface area contributed by atoms with Crippen molar-refractivity contribution in [2.75, 3.05) is 0 Å². The lowest BCUT2D eigenvalue weighted by atomic mass is 9.63. The largest absolute Gasteiger partial charge is 0.508 e. The zero-order valence-corrected chi connectivity index (χ0v) is 17.9. The maximum atomic E-state index is 11.0. The topological polar surface area (TPSA) is 121 Å². The first kappa shape index (κ1) is 20.3. The molecule has 4 aromatic rings. The van der Waals surface area contributed by atoms with Gasteiger partial charge in [-0.15, -0.1) is 0 Å². The molecule has 0 aromatic heterocycles. The second kappa shape index (κ2) is 7.09. The Kier molecular flexibility index (Phi) is 4.23. The van der Waals surface area contributed by atoms with E-state index >= 15 is 0 Å². The van der Waals surface area contributed by atoms with Crippen LogP contribution in [0.15, 0.2) is 72.8 Å². The fraction of sp³-hybridized carbons (Fsp3) is 0.143. The van der Waals surface area contributed by atoms with Crippen LogP contribution in [0.5, 0.6) is 34.5 Å². The Morgan fingerprint density at radius 1 is 0.412 bits per heavy atom. The highest BCUT2D eigenvalue weighted by molar-refractivity contribution is 5.68. The quantitative estimate of drug-likeness (QED) is 0.251. The van der Waals surface area contributed by atoms with E-state index in [1.807, 2.05) is 12.1 Å². The summed E-state index contributed by atoms with van der Waals surface area (Å²) in [7, 11) is 0. The van der Waals surface area contributed by atoms with Crippen LogP contribution in [0.4, 0.5) is 0 Å². The number of fused-ring (bicyclic) bond motifs is 7. The van der Waals surface area contributed by atoms with Gasteiger partial charge in [-0.05, 0) is 58.7 Å². The number of rotatable bonds is 2. The number of phenolic OH excluding ortho intramolecular Hbond substituents is 6. The van der Waals surface area contributed by atoms with Gasteiger partial charge in [0.25, 0.3) is 0 Å². The first-order valence-electron chi connectivity index (χ1n) is 11.0. The van der Waals surface area contributed by atoms with Crippen LogP contribution in [0.3, 0.4) is 0 Å². The molecule has 2 bridgehead atoms. The first-order chi connectivity index (χ1) is 16.3. The predicted molar refractivity (Wildman–Crippen MR) is 125 cm³/mol. The molecule has 0 amide bonds. The molecule has 34 heavy (non-hydrogen) atoms. The summed E-state index contributed by atoms with van der Waals surface area (Å²) in [4.78, 5) is 0. The molecule has 0 spiro atoms. The minimum atomic E-state index is -0.397. The van der Waals surface area contributed by atoms with Gasteiger partial charge in [-0.25, -0.2) is 0 Å². The van der Waals surface area contributed by atoms with Crippen LogP contribution in [-0.2, 0) is 0 Å². The summed E-state index contributed by atoms with van der Waals surface area (Å²) in [5.41, 5.74) is 4.48. The fourth-order valence-corrected chi connectivity index (χ4v) is 6.15. The van der Waals surface area contributed by atoms with Crippen LogP contribution in [0.1, 0.15) is 57.1 Å². The Morgan fingerprint density at radius 2 is 0.882 bits per heavy atom. The smallest absolute Gasteiger partial charge is 0.123 e. The zero-order valence-electron chi connectivity index (χ0n) is 17.9. The van der Waals surface area contributed by atoms with Gasteiger partial charge in [0.2, 0.25) is 0 Å². The van der Waals surface area contributed by atoms with Crippen LogP contribution in [-0.4, -0.2) is 30.6 Å². The van der Waals surface area contributed by atoms with E-state index in [9.17, 15) is 30.6 Å². The monoisotopic (exact) mass is 454 g/mol. The number of phenols is 6. The molecule has 6 nitrogen and oxygen atoms in total. The predicted octanol–water partition coefficient (Wildman–Crippen LogP) is 5.08. The molecule has 0 saturated heterocycles. The van der Waals surface area contributed by atoms with E-state index in [0.717, 1.165) is 16.7 Å². The van der Waals surface area contributed by atoms with E-state index < -0.39 is 11.8 Å². The van der Waals surface area contributed by atoms with Gasteiger partial charge in [-0.2, -0.15) is 0 Å². The van der Waals surface area contributed by atoms with Crippen molar-refractivity contribution in [1.82, 2.24) is 0 Å². The molecule has 0 saturated carbocycles. The maximum absolute atomic E-state index is 11.0. The van der Waals surface area contributed by atoms with Crippen molar-refractivity contribution in [3.8, 4) is 34.5 Å². The third-order valence-corrected chi connectivity index (χ3v) is 7.30. The van der Waals surface area contributed by atoms with Gasteiger partial charge in [0, 0.05) is 46.9 Å². The lowest BCUT2D eigenvalue weighted by Crippen LogP contribution is -2.26. The van der Waals surface area contributed by atoms with Crippen molar-refractivity contribution < 1.29 is 30.6 Å². The summed E-state index contributed by atoms with van der Waals surface area (Å²) in [5, 5.41) is 62.6. The normalized spacial score (nSPS) is 22.2. The summed E-state index contributed by atoms with van der Waals surface area (Å²) in [5.74, 6) is -1.29. The minimum absolute atomic E-state index is 0.0496. The van der Waals surface area contributed by atoms with Gasteiger partial charge in [-0.3, -0.25) is 0 Å². The van der Waals surface area contributed by atoms with E-state index in [4.69, 9.17) is 0 Å². The molecule has 0 aliphatic heterocycles. The van der Waals surface area contributed by atoms with Gasteiger partial charge < -0.3 is 30.6 Å². The average Bonchev–Trinajstić information content (AvgIpc) is 3.05. The van der Waals surface area contributed by atoms with Crippen LogP contribution in [0, 0.1) is 0 Å². The fourth-order valence-electron chi connectivity index (χ4n) is 6.15. The molecule has 0 fully saturated rings. The minimum Gasteiger partial charge on any atom is -0.508 e. The average molecular weight is 454 g/mol. The van der Waals surface area contributed by atoms with Gasteiger partial charge in [0.1, 0.15) is 34.5 Å². The lowest BCUT2D eigenvalue weighted by Gasteiger charge is -2.40. The van der Waals surface area contributed by atoms with E-state index in [2.05, 4.69) is 0 Å². The van der Waals surface area contributed by atoms with Gasteiger partial charge in [0.15, 0.2) is 0 Å². The Bertz CT molecular complexity index is 1430. The molecule has 0 unspecified atom stereocenters. The molecule has 2 aliphatic rings. The van der Waals surface area contributed by atoms with Gasteiger partial charge in [0.05, 0.1) is 0 Å². The number of benzene rings is 4. The molecule has 6 heteroatoms. The van der Waals surface area contributed by atoms with E-state index in [-0.39, 0.29) is 46.3 Å². The second-order valence-electron chi connectivity index (χ2n) is 9.13. The molecule has 6 N–H and O–H groups in total. The summed E-state index contributed by atoms with van der Waals surface area (Å²) in [6.45, 7) is 0. The summed E-state index contributed by atoms with van der Waals surface area (Å²) >= 11 is 0. The SMILES string of the molecule is Oc1ccc([C@H]2c3c(O)cc(O)cc3[C@@H]3c4c(O)cc(O)cc4[C@H]2[C@H]3c2ccc(O)cc2)cc1. The van der Waals surface area contributed by atoms with Crippen LogP contribution < -0.4 is 0 Å². The number of hydrogen-bond acceptors (Lipinski definition) is 6. The van der Waals surface area contributed by atoms with E-state index in [1.165, 1.54) is 12.1 Å². The standard InChI is InChI=1S/C28H22O6/c29-15-5-1-13(2-6-15)23-25-19(9-17(31)11-21(25)33)28-24(14-3-7-16(30)8-4-14)27(23)20-10-18(32)12-22(34)26(20)28/h1-12,23-24,27-34H/t23-,24+,27+,28-/m0/s1. The van der Waals surface area contributed by atoms with Crippen molar-refractivity contribution in [2.24, 2.45) is 0 Å². The van der Waals surface area contributed by atoms with Crippen molar-refractivity contribution in [3.63, 3.8) is 0 Å². The van der Waals surface area contributed by atoms with Crippen LogP contribution >= 0.6 is 0 Å². The molecular formula is C28H22O6. The van der Waals surface area contributed by atoms with Crippen molar-refractivity contribution in [3.05, 3.63) is 106 Å². The molecular weight excluding hydrogens is 432 g/mol. The molecule has 0 radical (unpaired) electrons. The molecule has 6 rings (SSSR count). The number of hydrogen-bond donors (Lipinski definition) is 6. The zero-order chi connectivity index (χ0) is 23.7. The summed E-state index contributed by atoms with van der Waals surface area (Å²) in [6, 6.07) is 19.6. The Labute approximate surface area is 195 Å². The van der Waals surface area contributed by atoms with E-state index in [0.29, 0.717) is 16.7 Å².